The molecule has 2 aliphatic rings. The van der Waals surface area contributed by atoms with Crippen LogP contribution < -0.4 is 32.0 Å². The van der Waals surface area contributed by atoms with E-state index in [4.69, 9.17) is 26.6 Å². The highest BCUT2D eigenvalue weighted by molar-refractivity contribution is 8.00. The molecule has 4 aromatic carbocycles. The molecule has 59 heavy (non-hydrogen) atoms. The summed E-state index contributed by atoms with van der Waals surface area (Å²) in [5.41, 5.74) is 5.85. The fourth-order valence-corrected chi connectivity index (χ4v) is 13.5. The Balaban J connectivity index is 0.000000215. The molecule has 0 aromatic heterocycles. The van der Waals surface area contributed by atoms with Crippen LogP contribution in [-0.2, 0) is 18.8 Å². The molecule has 2 heterocycles. The van der Waals surface area contributed by atoms with Gasteiger partial charge in [-0.25, -0.2) is 0 Å². The summed E-state index contributed by atoms with van der Waals surface area (Å²) in [6.07, 6.45) is 5.77. The van der Waals surface area contributed by atoms with Crippen molar-refractivity contribution in [2.75, 3.05) is 13.2 Å². The minimum atomic E-state index is -2.96. The molecular weight excluding hydrogens is 794 g/mol. The number of hydrogen-bond acceptors (Lipinski definition) is 7. The van der Waals surface area contributed by atoms with Crippen molar-refractivity contribution in [1.82, 2.24) is 15.2 Å². The minimum Gasteiger partial charge on any atom is -0.328 e. The van der Waals surface area contributed by atoms with Gasteiger partial charge in [0, 0.05) is 55.5 Å². The first kappa shape index (κ1) is 49.0. The summed E-state index contributed by atoms with van der Waals surface area (Å²) in [4.78, 5) is 12.0. The van der Waals surface area contributed by atoms with Crippen molar-refractivity contribution in [3.05, 3.63) is 121 Å². The first-order chi connectivity index (χ1) is 27.7. The van der Waals surface area contributed by atoms with Gasteiger partial charge in [0.05, 0.1) is 13.2 Å². The van der Waals surface area contributed by atoms with Crippen LogP contribution >= 0.6 is 25.0 Å². The van der Waals surface area contributed by atoms with Crippen LogP contribution in [-0.4, -0.2) is 57.6 Å². The Morgan fingerprint density at radius 2 is 0.847 bits per heavy atom. The number of nitrogens with two attached hydrogens (primary N) is 1. The summed E-state index contributed by atoms with van der Waals surface area (Å²) in [6, 6.07) is 38.3. The third kappa shape index (κ3) is 13.0. The molecule has 4 aromatic rings. The van der Waals surface area contributed by atoms with E-state index in [1.165, 1.54) is 0 Å². The van der Waals surface area contributed by atoms with Crippen molar-refractivity contribution in [3.8, 4) is 0 Å². The molecule has 0 bridgehead atoms. The van der Waals surface area contributed by atoms with Crippen LogP contribution in [0.2, 0.25) is 0 Å². The number of rotatable bonds is 12. The number of halogens is 1. The molecule has 324 valence electrons. The molecule has 2 saturated heterocycles. The fourth-order valence-electron chi connectivity index (χ4n) is 8.98. The molecule has 11 heteroatoms. The minimum absolute atomic E-state index is 0.0380. The lowest BCUT2D eigenvalue weighted by Crippen LogP contribution is -2.63. The van der Waals surface area contributed by atoms with Crippen LogP contribution in [0.1, 0.15) is 108 Å². The molecule has 2 fully saturated rings. The lowest BCUT2D eigenvalue weighted by atomic mass is 9.79. The number of piperidine rings is 2. The molecule has 3 N–H and O–H groups in total. The van der Waals surface area contributed by atoms with Crippen molar-refractivity contribution in [2.24, 2.45) is 5.73 Å². The number of benzene rings is 4. The van der Waals surface area contributed by atoms with E-state index in [1.54, 1.807) is 24.3 Å². The second-order valence-corrected chi connectivity index (χ2v) is 24.4. The molecule has 6 rings (SSSR count). The molecule has 0 aliphatic carbocycles. The van der Waals surface area contributed by atoms with Gasteiger partial charge in [0.25, 0.3) is 0 Å². The first-order valence-electron chi connectivity index (χ1n) is 21.2. The Morgan fingerprint density at radius 1 is 0.559 bits per heavy atom. The quantitative estimate of drug-likeness (QED) is 0.136. The summed E-state index contributed by atoms with van der Waals surface area (Å²) in [6.45, 7) is 20.6. The lowest BCUT2D eigenvalue weighted by molar-refractivity contribution is -0.283. The molecule has 0 unspecified atom stereocenters. The third-order valence-electron chi connectivity index (χ3n) is 10.8. The zero-order valence-corrected chi connectivity index (χ0v) is 39.8. The summed E-state index contributed by atoms with van der Waals surface area (Å²) >= 11 is 6.14. The average molecular weight is 866 g/mol. The molecule has 0 spiro atoms. The second kappa shape index (κ2) is 21.0. The topological polar surface area (TPSA) is 97.1 Å². The fraction of sp³-hybridized carbons (Fsp3) is 0.500. The first-order valence-corrected chi connectivity index (χ1v) is 25.5. The largest absolute Gasteiger partial charge is 0.328 e. The van der Waals surface area contributed by atoms with Gasteiger partial charge in [0.15, 0.2) is 0 Å². The standard InChI is InChI=1S/C24H35N2O2P.C12H10ClOP.C12H26N2O/c1-6-17-28-26-23(2,3)18-20(19-24(26,4)5)25-29(27,21-13-9-7-10-14-21)22-15-11-8-12-16-22;13-15(14,11-7-3-1-4-8-11)12-9-5-2-6-10-12;1-6-7-15-14-11(2,3)8-10(13)9-12(14,4)5/h7-16,20H,6,17-19H2,1-5H3,(H,25,27);1-10H;10H,6-9,13H2,1-5H3. The van der Waals surface area contributed by atoms with Gasteiger partial charge < -0.3 is 5.73 Å². The summed E-state index contributed by atoms with van der Waals surface area (Å²) in [5.74, 6) is 0. The Hall–Kier alpha value is -2.61. The van der Waals surface area contributed by atoms with Gasteiger partial charge in [-0.15, -0.1) is 0 Å². The zero-order chi connectivity index (χ0) is 43.5. The van der Waals surface area contributed by atoms with Crippen LogP contribution in [0.15, 0.2) is 121 Å². The third-order valence-corrected chi connectivity index (χ3v) is 16.7. The van der Waals surface area contributed by atoms with E-state index in [2.05, 4.69) is 84.5 Å². The number of hydroxylamine groups is 4. The van der Waals surface area contributed by atoms with Gasteiger partial charge in [-0.1, -0.05) is 111 Å². The molecule has 0 saturated carbocycles. The van der Waals surface area contributed by atoms with E-state index in [0.29, 0.717) is 10.6 Å². The summed E-state index contributed by atoms with van der Waals surface area (Å²) in [5, 5.41) is 11.0. The van der Waals surface area contributed by atoms with Crippen LogP contribution in [0.5, 0.6) is 0 Å². The molecule has 8 nitrogen and oxygen atoms in total. The van der Waals surface area contributed by atoms with E-state index in [-0.39, 0.29) is 34.2 Å². The van der Waals surface area contributed by atoms with E-state index >= 15 is 0 Å². The van der Waals surface area contributed by atoms with Crippen LogP contribution in [0.4, 0.5) is 0 Å². The van der Waals surface area contributed by atoms with Crippen LogP contribution in [0.3, 0.4) is 0 Å². The lowest BCUT2D eigenvalue weighted by Gasteiger charge is -2.54. The Bertz CT molecular complexity index is 1830. The molecular formula is C48H71ClN4O4P2. The Morgan fingerprint density at radius 3 is 1.15 bits per heavy atom. The van der Waals surface area contributed by atoms with Crippen molar-refractivity contribution >= 4 is 46.2 Å². The van der Waals surface area contributed by atoms with E-state index in [0.717, 1.165) is 62.3 Å². The van der Waals surface area contributed by atoms with Gasteiger partial charge in [-0.2, -0.15) is 10.1 Å². The highest BCUT2D eigenvalue weighted by atomic mass is 35.7. The van der Waals surface area contributed by atoms with Crippen molar-refractivity contribution in [2.45, 2.75) is 142 Å². The van der Waals surface area contributed by atoms with Gasteiger partial charge in [-0.3, -0.25) is 23.9 Å². The van der Waals surface area contributed by atoms with E-state index < -0.39 is 13.8 Å². The smallest absolute Gasteiger partial charge is 0.225 e. The van der Waals surface area contributed by atoms with E-state index in [1.807, 2.05) is 97.1 Å². The summed E-state index contributed by atoms with van der Waals surface area (Å²) < 4.78 is 26.8. The normalized spacial score (nSPS) is 19.5. The second-order valence-electron chi connectivity index (χ2n) is 18.4. The average Bonchev–Trinajstić information content (AvgIpc) is 3.18. The van der Waals surface area contributed by atoms with Crippen molar-refractivity contribution in [1.29, 1.82) is 0 Å². The van der Waals surface area contributed by atoms with E-state index in [9.17, 15) is 9.13 Å². The highest BCUT2D eigenvalue weighted by Crippen LogP contribution is 2.48. The van der Waals surface area contributed by atoms with Gasteiger partial charge in [0.2, 0.25) is 13.8 Å². The highest BCUT2D eigenvalue weighted by Gasteiger charge is 2.48. The van der Waals surface area contributed by atoms with Crippen molar-refractivity contribution < 1.29 is 18.8 Å². The maximum Gasteiger partial charge on any atom is 0.225 e. The zero-order valence-electron chi connectivity index (χ0n) is 37.2. The predicted molar refractivity (Wildman–Crippen MR) is 251 cm³/mol. The molecule has 0 amide bonds. The summed E-state index contributed by atoms with van der Waals surface area (Å²) in [7, 11) is -2.96. The number of nitrogens with one attached hydrogen (secondary N) is 1. The van der Waals surface area contributed by atoms with Gasteiger partial charge in [-0.05, 0) is 129 Å². The molecule has 0 atom stereocenters. The number of nitrogens with zero attached hydrogens (tertiary/aromatic N) is 2. The maximum absolute atomic E-state index is 14.4. The number of hydrogen-bond donors (Lipinski definition) is 2. The SMILES string of the molecule is CCCON1C(C)(C)CC(N)CC1(C)C.CCCON1C(C)(C)CC(NP(=O)(c2ccccc2)c2ccccc2)CC1(C)C.O=P(Cl)(c1ccccc1)c1ccccc1. The van der Waals surface area contributed by atoms with Crippen LogP contribution in [0.25, 0.3) is 0 Å². The van der Waals surface area contributed by atoms with Gasteiger partial charge >= 0.3 is 0 Å². The predicted octanol–water partition coefficient (Wildman–Crippen LogP) is 10.3. The van der Waals surface area contributed by atoms with Crippen molar-refractivity contribution in [3.63, 3.8) is 0 Å². The van der Waals surface area contributed by atoms with Crippen LogP contribution in [0, 0.1) is 0 Å². The molecule has 2 aliphatic heterocycles. The maximum atomic E-state index is 14.4. The Kier molecular flexibility index (Phi) is 17.4. The van der Waals surface area contributed by atoms with Gasteiger partial charge in [0.1, 0.15) is 0 Å². The molecule has 0 radical (unpaired) electrons. The monoisotopic (exact) mass is 864 g/mol. The Labute approximate surface area is 361 Å².